The molecule has 20 heavy (non-hydrogen) atoms. The van der Waals surface area contributed by atoms with Crippen LogP contribution in [0.4, 0.5) is 0 Å². The number of pyridine rings is 1. The van der Waals surface area contributed by atoms with Crippen LogP contribution in [0.3, 0.4) is 0 Å². The molecule has 1 saturated heterocycles. The number of hydrogen-bond donors (Lipinski definition) is 0. The average molecular weight is 275 g/mol. The highest BCUT2D eigenvalue weighted by molar-refractivity contribution is 5.99. The fourth-order valence-electron chi connectivity index (χ4n) is 2.42. The van der Waals surface area contributed by atoms with Crippen LogP contribution in [0.2, 0.25) is 0 Å². The molecule has 1 aliphatic rings. The molecular formula is C13H17N5O2. The molecule has 1 amide bonds. The van der Waals surface area contributed by atoms with E-state index in [2.05, 4.69) is 22.4 Å². The van der Waals surface area contributed by atoms with Gasteiger partial charge in [0, 0.05) is 19.3 Å². The largest absolute Gasteiger partial charge is 0.372 e. The molecule has 0 aliphatic carbocycles. The summed E-state index contributed by atoms with van der Waals surface area (Å²) in [7, 11) is 0. The van der Waals surface area contributed by atoms with E-state index in [0.29, 0.717) is 30.9 Å². The molecule has 0 aromatic carbocycles. The van der Waals surface area contributed by atoms with E-state index < -0.39 is 0 Å². The van der Waals surface area contributed by atoms with Crippen molar-refractivity contribution < 1.29 is 9.53 Å². The molecule has 1 unspecified atom stereocenters. The second kappa shape index (κ2) is 4.82. The third kappa shape index (κ3) is 2.14. The maximum Gasteiger partial charge on any atom is 0.257 e. The van der Waals surface area contributed by atoms with Gasteiger partial charge in [0.2, 0.25) is 0 Å². The lowest BCUT2D eigenvalue weighted by Crippen LogP contribution is -2.51. The Morgan fingerprint density at radius 1 is 1.55 bits per heavy atom. The number of hydrogen-bond acceptors (Lipinski definition) is 5. The van der Waals surface area contributed by atoms with Crippen molar-refractivity contribution in [1.82, 2.24) is 24.9 Å². The van der Waals surface area contributed by atoms with Crippen LogP contribution < -0.4 is 0 Å². The van der Waals surface area contributed by atoms with E-state index in [4.69, 9.17) is 4.74 Å². The van der Waals surface area contributed by atoms with Crippen LogP contribution in [-0.4, -0.2) is 56.1 Å². The van der Waals surface area contributed by atoms with Crippen molar-refractivity contribution in [3.05, 3.63) is 23.9 Å². The molecular weight excluding hydrogens is 258 g/mol. The number of rotatable bonds is 2. The fourth-order valence-corrected chi connectivity index (χ4v) is 2.42. The Bertz CT molecular complexity index is 640. The number of fused-ring (bicyclic) bond motifs is 1. The van der Waals surface area contributed by atoms with Gasteiger partial charge in [0.05, 0.1) is 17.8 Å². The summed E-state index contributed by atoms with van der Waals surface area (Å²) in [6.45, 7) is 5.84. The molecule has 1 fully saturated rings. The van der Waals surface area contributed by atoms with Crippen molar-refractivity contribution in [2.45, 2.75) is 25.9 Å². The van der Waals surface area contributed by atoms with Crippen LogP contribution in [0.25, 0.3) is 5.65 Å². The van der Waals surface area contributed by atoms with Crippen molar-refractivity contribution in [1.29, 1.82) is 0 Å². The van der Waals surface area contributed by atoms with Crippen molar-refractivity contribution in [3.63, 3.8) is 0 Å². The molecule has 0 saturated carbocycles. The van der Waals surface area contributed by atoms with Gasteiger partial charge in [-0.05, 0) is 35.9 Å². The summed E-state index contributed by atoms with van der Waals surface area (Å²) in [5, 5.41) is 11.3. The molecule has 2 aromatic rings. The first kappa shape index (κ1) is 13.0. The predicted molar refractivity (Wildman–Crippen MR) is 71.3 cm³/mol. The smallest absolute Gasteiger partial charge is 0.257 e. The van der Waals surface area contributed by atoms with Crippen LogP contribution in [0, 0.1) is 0 Å². The van der Waals surface area contributed by atoms with Gasteiger partial charge in [-0.2, -0.15) is 4.52 Å². The van der Waals surface area contributed by atoms with Gasteiger partial charge in [0.15, 0.2) is 5.65 Å². The van der Waals surface area contributed by atoms with Gasteiger partial charge < -0.3 is 9.64 Å². The standard InChI is InChI=1S/C13H17N5O2/c1-3-13(2)9-17(7-8-20-13)12(19)10-5-4-6-18-11(10)14-15-16-18/h4-6H,3,7-9H2,1-2H3. The summed E-state index contributed by atoms with van der Waals surface area (Å²) in [6.07, 6.45) is 2.59. The SMILES string of the molecule is CCC1(C)CN(C(=O)c2cccn3nnnc23)CCO1. The molecule has 2 aromatic heterocycles. The summed E-state index contributed by atoms with van der Waals surface area (Å²) in [4.78, 5) is 14.5. The second-order valence-electron chi connectivity index (χ2n) is 5.25. The normalized spacial score (nSPS) is 23.2. The Hall–Kier alpha value is -2.02. The number of carbonyl (C=O) groups is 1. The number of morpholine rings is 1. The monoisotopic (exact) mass is 275 g/mol. The van der Waals surface area contributed by atoms with E-state index in [9.17, 15) is 4.79 Å². The Labute approximate surface area is 116 Å². The van der Waals surface area contributed by atoms with E-state index in [1.165, 1.54) is 4.52 Å². The zero-order valence-electron chi connectivity index (χ0n) is 11.6. The maximum absolute atomic E-state index is 12.7. The lowest BCUT2D eigenvalue weighted by molar-refractivity contribution is -0.0897. The topological polar surface area (TPSA) is 72.6 Å². The fraction of sp³-hybridized carbons (Fsp3) is 0.538. The Morgan fingerprint density at radius 3 is 3.20 bits per heavy atom. The quantitative estimate of drug-likeness (QED) is 0.809. The highest BCUT2D eigenvalue weighted by Crippen LogP contribution is 2.22. The van der Waals surface area contributed by atoms with Gasteiger partial charge >= 0.3 is 0 Å². The number of tetrazole rings is 1. The summed E-state index contributed by atoms with van der Waals surface area (Å²) in [6, 6.07) is 3.53. The maximum atomic E-state index is 12.7. The molecule has 1 atom stereocenters. The molecule has 3 heterocycles. The van der Waals surface area contributed by atoms with Crippen LogP contribution in [0.15, 0.2) is 18.3 Å². The van der Waals surface area contributed by atoms with Crippen LogP contribution >= 0.6 is 0 Å². The van der Waals surface area contributed by atoms with Gasteiger partial charge in [-0.15, -0.1) is 5.10 Å². The lowest BCUT2D eigenvalue weighted by Gasteiger charge is -2.40. The highest BCUT2D eigenvalue weighted by Gasteiger charge is 2.33. The van der Waals surface area contributed by atoms with E-state index >= 15 is 0 Å². The first-order valence-corrected chi connectivity index (χ1v) is 6.73. The van der Waals surface area contributed by atoms with E-state index in [0.717, 1.165) is 6.42 Å². The van der Waals surface area contributed by atoms with Gasteiger partial charge in [-0.1, -0.05) is 6.92 Å². The Morgan fingerprint density at radius 2 is 2.40 bits per heavy atom. The number of carbonyl (C=O) groups excluding carboxylic acids is 1. The minimum atomic E-state index is -0.273. The minimum Gasteiger partial charge on any atom is -0.372 e. The minimum absolute atomic E-state index is 0.0478. The number of nitrogens with zero attached hydrogens (tertiary/aromatic N) is 5. The number of ether oxygens (including phenoxy) is 1. The molecule has 7 nitrogen and oxygen atoms in total. The molecule has 3 rings (SSSR count). The van der Waals surface area contributed by atoms with Crippen molar-refractivity contribution in [3.8, 4) is 0 Å². The summed E-state index contributed by atoms with van der Waals surface area (Å²) in [5.74, 6) is -0.0478. The van der Waals surface area contributed by atoms with Crippen molar-refractivity contribution in [2.24, 2.45) is 0 Å². The molecule has 1 aliphatic heterocycles. The molecule has 7 heteroatoms. The Kier molecular flexibility index (Phi) is 3.13. The molecule has 0 spiro atoms. The molecule has 0 N–H and O–H groups in total. The van der Waals surface area contributed by atoms with Crippen molar-refractivity contribution >= 4 is 11.6 Å². The predicted octanol–water partition coefficient (Wildman–Crippen LogP) is 0.765. The summed E-state index contributed by atoms with van der Waals surface area (Å²) in [5.41, 5.74) is 0.741. The van der Waals surface area contributed by atoms with Crippen molar-refractivity contribution in [2.75, 3.05) is 19.7 Å². The van der Waals surface area contributed by atoms with Gasteiger partial charge in [0.1, 0.15) is 0 Å². The van der Waals surface area contributed by atoms with Crippen LogP contribution in [-0.2, 0) is 4.74 Å². The summed E-state index contributed by atoms with van der Waals surface area (Å²) < 4.78 is 7.27. The number of amides is 1. The average Bonchev–Trinajstić information content (AvgIpc) is 2.95. The van der Waals surface area contributed by atoms with Crippen LogP contribution in [0.1, 0.15) is 30.6 Å². The third-order valence-corrected chi connectivity index (χ3v) is 3.83. The van der Waals surface area contributed by atoms with E-state index in [1.807, 2.05) is 11.8 Å². The van der Waals surface area contributed by atoms with Crippen LogP contribution in [0.5, 0.6) is 0 Å². The zero-order chi connectivity index (χ0) is 14.2. The summed E-state index contributed by atoms with van der Waals surface area (Å²) >= 11 is 0. The third-order valence-electron chi connectivity index (χ3n) is 3.83. The molecule has 0 bridgehead atoms. The molecule has 0 radical (unpaired) electrons. The lowest BCUT2D eigenvalue weighted by atomic mass is 10.0. The zero-order valence-corrected chi connectivity index (χ0v) is 11.6. The Balaban J connectivity index is 1.91. The molecule has 106 valence electrons. The van der Waals surface area contributed by atoms with Gasteiger partial charge in [-0.3, -0.25) is 4.79 Å². The van der Waals surface area contributed by atoms with Gasteiger partial charge in [0.25, 0.3) is 5.91 Å². The van der Waals surface area contributed by atoms with Gasteiger partial charge in [-0.25, -0.2) is 0 Å². The second-order valence-corrected chi connectivity index (χ2v) is 5.25. The highest BCUT2D eigenvalue weighted by atomic mass is 16.5. The first-order chi connectivity index (χ1) is 9.63. The first-order valence-electron chi connectivity index (χ1n) is 6.73. The van der Waals surface area contributed by atoms with E-state index in [1.54, 1.807) is 18.3 Å². The number of aromatic nitrogens is 4. The van der Waals surface area contributed by atoms with E-state index in [-0.39, 0.29) is 11.5 Å².